The van der Waals surface area contributed by atoms with Crippen molar-refractivity contribution in [3.8, 4) is 0 Å². The zero-order chi connectivity index (χ0) is 13.7. The zero-order valence-electron chi connectivity index (χ0n) is 11.6. The Balaban J connectivity index is 1.98. The first-order chi connectivity index (χ1) is 9.22. The van der Waals surface area contributed by atoms with Gasteiger partial charge >= 0.3 is 0 Å². The molecule has 0 fully saturated rings. The molecule has 1 amide bonds. The van der Waals surface area contributed by atoms with Gasteiger partial charge in [0.1, 0.15) is 0 Å². The minimum atomic E-state index is 0.195. The van der Waals surface area contributed by atoms with Gasteiger partial charge in [-0.3, -0.25) is 4.79 Å². The van der Waals surface area contributed by atoms with Gasteiger partial charge in [-0.2, -0.15) is 0 Å². The van der Waals surface area contributed by atoms with Crippen LogP contribution >= 0.6 is 0 Å². The molecule has 0 aliphatic heterocycles. The van der Waals surface area contributed by atoms with E-state index < -0.39 is 0 Å². The van der Waals surface area contributed by atoms with Crippen LogP contribution in [0.15, 0.2) is 30.5 Å². The highest BCUT2D eigenvalue weighted by atomic mass is 16.2. The van der Waals surface area contributed by atoms with E-state index >= 15 is 0 Å². The number of carbonyl (C=O) groups is 1. The monoisotopic (exact) mass is 259 g/mol. The van der Waals surface area contributed by atoms with Crippen molar-refractivity contribution in [3.63, 3.8) is 0 Å². The zero-order valence-corrected chi connectivity index (χ0v) is 11.6. The van der Waals surface area contributed by atoms with Gasteiger partial charge in [0.15, 0.2) is 0 Å². The summed E-state index contributed by atoms with van der Waals surface area (Å²) in [5.41, 5.74) is 2.29. The molecule has 2 rings (SSSR count). The minimum absolute atomic E-state index is 0.195. The Morgan fingerprint density at radius 2 is 2.16 bits per heavy atom. The van der Waals surface area contributed by atoms with Crippen LogP contribution in [0.5, 0.6) is 0 Å². The molecule has 4 heteroatoms. The van der Waals surface area contributed by atoms with Crippen LogP contribution in [0.25, 0.3) is 10.9 Å². The number of H-pyrrole nitrogens is 1. The Bertz CT molecular complexity index is 547. The van der Waals surface area contributed by atoms with E-state index in [9.17, 15) is 4.79 Å². The molecular weight excluding hydrogens is 238 g/mol. The predicted octanol–water partition coefficient (Wildman–Crippen LogP) is 2.13. The molecule has 2 N–H and O–H groups in total. The van der Waals surface area contributed by atoms with Crippen LogP contribution in [-0.2, 0) is 11.3 Å². The second-order valence-electron chi connectivity index (χ2n) is 4.82. The number of fused-ring (bicyclic) bond motifs is 1. The molecule has 19 heavy (non-hydrogen) atoms. The summed E-state index contributed by atoms with van der Waals surface area (Å²) in [5, 5.41) is 4.25. The number of aromatic amines is 1. The Hall–Kier alpha value is -1.81. The summed E-state index contributed by atoms with van der Waals surface area (Å²) < 4.78 is 0. The fourth-order valence-electron chi connectivity index (χ4n) is 2.21. The highest BCUT2D eigenvalue weighted by Crippen LogP contribution is 2.19. The van der Waals surface area contributed by atoms with Crippen molar-refractivity contribution < 1.29 is 4.79 Å². The van der Waals surface area contributed by atoms with E-state index in [-0.39, 0.29) is 5.91 Å². The summed E-state index contributed by atoms with van der Waals surface area (Å²) in [6, 6.07) is 8.16. The van der Waals surface area contributed by atoms with Gasteiger partial charge < -0.3 is 15.2 Å². The number of benzene rings is 1. The van der Waals surface area contributed by atoms with Crippen molar-refractivity contribution in [3.05, 3.63) is 36.0 Å². The van der Waals surface area contributed by atoms with Gasteiger partial charge in [0, 0.05) is 37.1 Å². The van der Waals surface area contributed by atoms with E-state index in [0.717, 1.165) is 18.5 Å². The fraction of sp³-hybridized carbons (Fsp3) is 0.400. The molecule has 1 heterocycles. The molecule has 1 aromatic heterocycles. The van der Waals surface area contributed by atoms with E-state index in [2.05, 4.69) is 16.4 Å². The Labute approximate surface area is 113 Å². The molecule has 4 nitrogen and oxygen atoms in total. The maximum atomic E-state index is 12.0. The van der Waals surface area contributed by atoms with Gasteiger partial charge in [0.25, 0.3) is 0 Å². The lowest BCUT2D eigenvalue weighted by atomic mass is 10.1. The third-order valence-electron chi connectivity index (χ3n) is 3.33. The summed E-state index contributed by atoms with van der Waals surface area (Å²) in [6.07, 6.45) is 3.47. The highest BCUT2D eigenvalue weighted by Gasteiger charge is 2.11. The molecule has 2 aromatic rings. The van der Waals surface area contributed by atoms with Crippen LogP contribution in [0.3, 0.4) is 0 Å². The lowest BCUT2D eigenvalue weighted by Gasteiger charge is -2.16. The van der Waals surface area contributed by atoms with Gasteiger partial charge in [-0.05, 0) is 31.6 Å². The molecule has 1 aromatic carbocycles. The molecule has 0 radical (unpaired) electrons. The van der Waals surface area contributed by atoms with Crippen molar-refractivity contribution in [2.24, 2.45) is 0 Å². The fourth-order valence-corrected chi connectivity index (χ4v) is 2.21. The molecule has 0 atom stereocenters. The van der Waals surface area contributed by atoms with Crippen LogP contribution in [0.1, 0.15) is 18.4 Å². The molecule has 0 saturated heterocycles. The summed E-state index contributed by atoms with van der Waals surface area (Å²) in [5.74, 6) is 0.195. The average molecular weight is 259 g/mol. The first kappa shape index (κ1) is 13.6. The van der Waals surface area contributed by atoms with Crippen molar-refractivity contribution in [1.29, 1.82) is 0 Å². The van der Waals surface area contributed by atoms with Crippen LogP contribution in [0.2, 0.25) is 0 Å². The molecule has 0 aliphatic rings. The third kappa shape index (κ3) is 3.35. The Morgan fingerprint density at radius 3 is 2.95 bits per heavy atom. The summed E-state index contributed by atoms with van der Waals surface area (Å²) >= 11 is 0. The summed E-state index contributed by atoms with van der Waals surface area (Å²) in [4.78, 5) is 17.0. The number of aromatic nitrogens is 1. The standard InChI is InChI=1S/C15H21N3O/c1-16-9-5-8-15(19)18(2)11-12-10-17-14-7-4-3-6-13(12)14/h3-4,6-7,10,16-17H,5,8-9,11H2,1-2H3. The second-order valence-corrected chi connectivity index (χ2v) is 4.82. The first-order valence-electron chi connectivity index (χ1n) is 6.66. The maximum Gasteiger partial charge on any atom is 0.222 e. The van der Waals surface area contributed by atoms with E-state index in [0.29, 0.717) is 13.0 Å². The summed E-state index contributed by atoms with van der Waals surface area (Å²) in [7, 11) is 3.77. The van der Waals surface area contributed by atoms with Gasteiger partial charge in [0.2, 0.25) is 5.91 Å². The van der Waals surface area contributed by atoms with E-state index in [4.69, 9.17) is 0 Å². The number of rotatable bonds is 6. The van der Waals surface area contributed by atoms with Gasteiger partial charge in [0.05, 0.1) is 0 Å². The van der Waals surface area contributed by atoms with E-state index in [1.807, 2.05) is 38.5 Å². The molecule has 0 aliphatic carbocycles. The topological polar surface area (TPSA) is 48.1 Å². The number of carbonyl (C=O) groups excluding carboxylic acids is 1. The minimum Gasteiger partial charge on any atom is -0.361 e. The normalized spacial score (nSPS) is 10.8. The number of hydrogen-bond acceptors (Lipinski definition) is 2. The van der Waals surface area contributed by atoms with Crippen molar-refractivity contribution in [2.75, 3.05) is 20.6 Å². The third-order valence-corrected chi connectivity index (χ3v) is 3.33. The lowest BCUT2D eigenvalue weighted by molar-refractivity contribution is -0.130. The van der Waals surface area contributed by atoms with Gasteiger partial charge in [-0.15, -0.1) is 0 Å². The summed E-state index contributed by atoms with van der Waals surface area (Å²) in [6.45, 7) is 1.54. The molecule has 0 bridgehead atoms. The van der Waals surface area contributed by atoms with Gasteiger partial charge in [-0.25, -0.2) is 0 Å². The van der Waals surface area contributed by atoms with E-state index in [1.54, 1.807) is 4.90 Å². The maximum absolute atomic E-state index is 12.0. The number of nitrogens with one attached hydrogen (secondary N) is 2. The molecule has 102 valence electrons. The van der Waals surface area contributed by atoms with Gasteiger partial charge in [-0.1, -0.05) is 18.2 Å². The van der Waals surface area contributed by atoms with Crippen LogP contribution in [-0.4, -0.2) is 36.4 Å². The highest BCUT2D eigenvalue weighted by molar-refractivity contribution is 5.83. The number of para-hydroxylation sites is 1. The van der Waals surface area contributed by atoms with Crippen molar-refractivity contribution in [2.45, 2.75) is 19.4 Å². The molecule has 0 unspecified atom stereocenters. The smallest absolute Gasteiger partial charge is 0.222 e. The molecular formula is C15H21N3O. The Morgan fingerprint density at radius 1 is 1.37 bits per heavy atom. The SMILES string of the molecule is CNCCCC(=O)N(C)Cc1c[nH]c2ccccc12. The molecule has 0 spiro atoms. The van der Waals surface area contributed by atoms with Crippen molar-refractivity contribution >= 4 is 16.8 Å². The van der Waals surface area contributed by atoms with Crippen LogP contribution in [0.4, 0.5) is 0 Å². The quantitative estimate of drug-likeness (QED) is 0.781. The van der Waals surface area contributed by atoms with Crippen molar-refractivity contribution in [1.82, 2.24) is 15.2 Å². The lowest BCUT2D eigenvalue weighted by Crippen LogP contribution is -2.26. The number of nitrogens with zero attached hydrogens (tertiary/aromatic N) is 1. The van der Waals surface area contributed by atoms with E-state index in [1.165, 1.54) is 10.9 Å². The number of amides is 1. The molecule has 0 saturated carbocycles. The Kier molecular flexibility index (Phi) is 4.58. The largest absolute Gasteiger partial charge is 0.361 e. The van der Waals surface area contributed by atoms with Crippen LogP contribution in [0, 0.1) is 0 Å². The second kappa shape index (κ2) is 6.38. The average Bonchev–Trinajstić information content (AvgIpc) is 2.82. The van der Waals surface area contributed by atoms with Crippen LogP contribution < -0.4 is 5.32 Å². The first-order valence-corrected chi connectivity index (χ1v) is 6.66. The predicted molar refractivity (Wildman–Crippen MR) is 77.9 cm³/mol. The number of hydrogen-bond donors (Lipinski definition) is 2.